The topological polar surface area (TPSA) is 38.0 Å². The average molecular weight is 254 g/mol. The molecule has 2 aromatic rings. The van der Waals surface area contributed by atoms with Crippen LogP contribution in [0.25, 0.3) is 5.57 Å². The quantitative estimate of drug-likeness (QED) is 0.824. The van der Waals surface area contributed by atoms with E-state index in [-0.39, 0.29) is 5.11 Å². The molecule has 3 heteroatoms. The van der Waals surface area contributed by atoms with Crippen molar-refractivity contribution in [2.75, 3.05) is 5.32 Å². The van der Waals surface area contributed by atoms with E-state index < -0.39 is 0 Å². The lowest BCUT2D eigenvalue weighted by molar-refractivity contribution is 1.54. The van der Waals surface area contributed by atoms with Crippen LogP contribution in [0.15, 0.2) is 61.2 Å². The Hall–Kier alpha value is -2.13. The highest BCUT2D eigenvalue weighted by molar-refractivity contribution is 7.80. The average Bonchev–Trinajstić information content (AvgIpc) is 2.39. The van der Waals surface area contributed by atoms with E-state index in [0.29, 0.717) is 0 Å². The van der Waals surface area contributed by atoms with Gasteiger partial charge in [-0.05, 0) is 41.1 Å². The van der Waals surface area contributed by atoms with Gasteiger partial charge in [0.1, 0.15) is 0 Å². The van der Waals surface area contributed by atoms with Gasteiger partial charge in [-0.3, -0.25) is 0 Å². The van der Waals surface area contributed by atoms with Gasteiger partial charge in [0, 0.05) is 5.69 Å². The first-order valence-corrected chi connectivity index (χ1v) is 5.99. The summed E-state index contributed by atoms with van der Waals surface area (Å²) in [6.45, 7) is 4.11. The van der Waals surface area contributed by atoms with Crippen LogP contribution in [0.2, 0.25) is 0 Å². The number of hydrogen-bond donors (Lipinski definition) is 2. The minimum Gasteiger partial charge on any atom is -0.376 e. The van der Waals surface area contributed by atoms with Gasteiger partial charge < -0.3 is 11.1 Å². The van der Waals surface area contributed by atoms with Crippen molar-refractivity contribution in [2.24, 2.45) is 5.73 Å². The summed E-state index contributed by atoms with van der Waals surface area (Å²) in [7, 11) is 0. The van der Waals surface area contributed by atoms with E-state index in [1.807, 2.05) is 54.6 Å². The first-order valence-electron chi connectivity index (χ1n) is 5.58. The summed E-state index contributed by atoms with van der Waals surface area (Å²) in [5.41, 5.74) is 9.49. The summed E-state index contributed by atoms with van der Waals surface area (Å²) in [4.78, 5) is 0. The molecule has 18 heavy (non-hydrogen) atoms. The molecule has 90 valence electrons. The molecule has 0 bridgehead atoms. The van der Waals surface area contributed by atoms with Crippen LogP contribution in [0.3, 0.4) is 0 Å². The molecule has 3 N–H and O–H groups in total. The number of hydrogen-bond acceptors (Lipinski definition) is 1. The number of anilines is 1. The van der Waals surface area contributed by atoms with E-state index >= 15 is 0 Å². The van der Waals surface area contributed by atoms with Gasteiger partial charge in [-0.25, -0.2) is 0 Å². The zero-order chi connectivity index (χ0) is 13.0. The summed E-state index contributed by atoms with van der Waals surface area (Å²) in [5, 5.41) is 3.16. The normalized spacial score (nSPS) is 9.78. The monoisotopic (exact) mass is 254 g/mol. The van der Waals surface area contributed by atoms with Crippen molar-refractivity contribution in [2.45, 2.75) is 0 Å². The Morgan fingerprint density at radius 3 is 2.06 bits per heavy atom. The van der Waals surface area contributed by atoms with E-state index in [2.05, 4.69) is 11.9 Å². The van der Waals surface area contributed by atoms with Crippen LogP contribution < -0.4 is 11.1 Å². The summed E-state index contributed by atoms with van der Waals surface area (Å²) in [6, 6.07) is 17.9. The maximum absolute atomic E-state index is 5.42. The summed E-state index contributed by atoms with van der Waals surface area (Å²) < 4.78 is 0. The molecule has 0 radical (unpaired) electrons. The van der Waals surface area contributed by atoms with Crippen molar-refractivity contribution < 1.29 is 0 Å². The second-order valence-electron chi connectivity index (χ2n) is 3.91. The fourth-order valence-corrected chi connectivity index (χ4v) is 1.82. The Balaban J connectivity index is 2.20. The van der Waals surface area contributed by atoms with Gasteiger partial charge in [0.25, 0.3) is 0 Å². The van der Waals surface area contributed by atoms with Crippen molar-refractivity contribution in [1.29, 1.82) is 0 Å². The number of benzene rings is 2. The van der Waals surface area contributed by atoms with Gasteiger partial charge in [0.2, 0.25) is 0 Å². The molecule has 0 heterocycles. The molecule has 0 saturated heterocycles. The molecule has 0 spiro atoms. The first kappa shape index (κ1) is 12.3. The standard InChI is InChI=1S/C15H14N2S/c1-11(12-5-3-2-4-6-12)13-7-9-14(10-8-13)17-15(16)18/h2-10H,1H2,(H3,16,17,18). The summed E-state index contributed by atoms with van der Waals surface area (Å²) in [6.07, 6.45) is 0. The second kappa shape index (κ2) is 5.47. The minimum atomic E-state index is 0.268. The lowest BCUT2D eigenvalue weighted by Gasteiger charge is -2.08. The zero-order valence-electron chi connectivity index (χ0n) is 9.89. The van der Waals surface area contributed by atoms with Crippen LogP contribution in [0.1, 0.15) is 11.1 Å². The van der Waals surface area contributed by atoms with Crippen molar-refractivity contribution in [3.63, 3.8) is 0 Å². The molecule has 0 saturated carbocycles. The molecule has 0 aliphatic carbocycles. The molecule has 0 unspecified atom stereocenters. The third-order valence-electron chi connectivity index (χ3n) is 2.62. The Labute approximate surface area is 112 Å². The molecule has 0 aliphatic rings. The molecule has 0 atom stereocenters. The molecule has 0 aromatic heterocycles. The molecule has 0 fully saturated rings. The molecular formula is C15H14N2S. The Bertz CT molecular complexity index is 559. The second-order valence-corrected chi connectivity index (χ2v) is 4.35. The number of nitrogens with two attached hydrogens (primary N) is 1. The predicted octanol–water partition coefficient (Wildman–Crippen LogP) is 3.40. The van der Waals surface area contributed by atoms with Crippen LogP contribution in [0, 0.1) is 0 Å². The van der Waals surface area contributed by atoms with Crippen molar-refractivity contribution in [1.82, 2.24) is 0 Å². The largest absolute Gasteiger partial charge is 0.376 e. The van der Waals surface area contributed by atoms with Gasteiger partial charge in [0.15, 0.2) is 5.11 Å². The molecule has 0 amide bonds. The maximum Gasteiger partial charge on any atom is 0.168 e. The lowest BCUT2D eigenvalue weighted by Crippen LogP contribution is -2.18. The predicted molar refractivity (Wildman–Crippen MR) is 81.4 cm³/mol. The zero-order valence-corrected chi connectivity index (χ0v) is 10.7. The SMILES string of the molecule is C=C(c1ccccc1)c1ccc(NC(N)=S)cc1. The molecule has 2 aromatic carbocycles. The molecule has 2 rings (SSSR count). The van der Waals surface area contributed by atoms with Gasteiger partial charge in [-0.1, -0.05) is 49.0 Å². The molecular weight excluding hydrogens is 240 g/mol. The Morgan fingerprint density at radius 2 is 1.50 bits per heavy atom. The van der Waals surface area contributed by atoms with Gasteiger partial charge in [-0.15, -0.1) is 0 Å². The van der Waals surface area contributed by atoms with Crippen LogP contribution in [0.4, 0.5) is 5.69 Å². The fourth-order valence-electron chi connectivity index (χ4n) is 1.70. The highest BCUT2D eigenvalue weighted by Crippen LogP contribution is 2.22. The van der Waals surface area contributed by atoms with E-state index in [1.54, 1.807) is 0 Å². The van der Waals surface area contributed by atoms with Crippen LogP contribution in [-0.4, -0.2) is 5.11 Å². The van der Waals surface area contributed by atoms with E-state index in [1.165, 1.54) is 0 Å². The lowest BCUT2D eigenvalue weighted by atomic mass is 10.00. The van der Waals surface area contributed by atoms with E-state index in [0.717, 1.165) is 22.4 Å². The highest BCUT2D eigenvalue weighted by atomic mass is 32.1. The highest BCUT2D eigenvalue weighted by Gasteiger charge is 2.01. The Kier molecular flexibility index (Phi) is 3.75. The van der Waals surface area contributed by atoms with Gasteiger partial charge in [-0.2, -0.15) is 0 Å². The maximum atomic E-state index is 5.42. The third-order valence-corrected chi connectivity index (χ3v) is 2.73. The number of thiocarbonyl (C=S) groups is 1. The number of rotatable bonds is 3. The fraction of sp³-hybridized carbons (Fsp3) is 0. The number of nitrogens with one attached hydrogen (secondary N) is 1. The van der Waals surface area contributed by atoms with Gasteiger partial charge in [0.05, 0.1) is 0 Å². The van der Waals surface area contributed by atoms with E-state index in [4.69, 9.17) is 18.0 Å². The third kappa shape index (κ3) is 2.96. The van der Waals surface area contributed by atoms with Crippen LogP contribution >= 0.6 is 12.2 Å². The van der Waals surface area contributed by atoms with Crippen molar-refractivity contribution in [3.05, 3.63) is 72.3 Å². The van der Waals surface area contributed by atoms with Crippen LogP contribution in [0.5, 0.6) is 0 Å². The Morgan fingerprint density at radius 1 is 0.944 bits per heavy atom. The minimum absolute atomic E-state index is 0.268. The molecule has 0 aliphatic heterocycles. The van der Waals surface area contributed by atoms with E-state index in [9.17, 15) is 0 Å². The summed E-state index contributed by atoms with van der Waals surface area (Å²) in [5.74, 6) is 0. The van der Waals surface area contributed by atoms with Crippen molar-refractivity contribution >= 4 is 28.6 Å². The van der Waals surface area contributed by atoms with Crippen LogP contribution in [-0.2, 0) is 0 Å². The smallest absolute Gasteiger partial charge is 0.168 e. The molecule has 2 nitrogen and oxygen atoms in total. The van der Waals surface area contributed by atoms with Crippen molar-refractivity contribution in [3.8, 4) is 0 Å². The summed E-state index contributed by atoms with van der Waals surface area (Å²) >= 11 is 4.79. The first-order chi connectivity index (χ1) is 8.66. The van der Waals surface area contributed by atoms with Gasteiger partial charge >= 0.3 is 0 Å².